The van der Waals surface area contributed by atoms with Gasteiger partial charge in [-0.25, -0.2) is 18.1 Å². The first-order valence-corrected chi connectivity index (χ1v) is 14.6. The number of carbonyl (C=O) groups excluding carboxylic acids is 1. The summed E-state index contributed by atoms with van der Waals surface area (Å²) in [5.41, 5.74) is 5.34. The first-order chi connectivity index (χ1) is 19.5. The second kappa shape index (κ2) is 11.2. The van der Waals surface area contributed by atoms with Gasteiger partial charge in [-0.2, -0.15) is 10.1 Å². The molecule has 4 aromatic rings. The minimum Gasteiger partial charge on any atom is -0.483 e. The van der Waals surface area contributed by atoms with Gasteiger partial charge in [0, 0.05) is 24.9 Å². The molecule has 0 atom stereocenters. The summed E-state index contributed by atoms with van der Waals surface area (Å²) in [6.07, 6.45) is 2.32. The minimum absolute atomic E-state index is 0.0141. The molecule has 0 radical (unpaired) electrons. The van der Waals surface area contributed by atoms with Gasteiger partial charge < -0.3 is 14.4 Å². The first-order valence-electron chi connectivity index (χ1n) is 13.1. The number of ether oxygens (including phenoxy) is 2. The van der Waals surface area contributed by atoms with Gasteiger partial charge in [0.15, 0.2) is 6.61 Å². The SMILES string of the molecule is Cc1ccc(C)c(OCC(=O)N2CC(Oc3cc(-c4c(C)cccc4C)nc(NS(=O)(=O)c4cnn(C)c4)n3)C2)c1. The van der Waals surface area contributed by atoms with Crippen molar-refractivity contribution >= 4 is 21.9 Å². The lowest BCUT2D eigenvalue weighted by molar-refractivity contribution is -0.142. The Balaban J connectivity index is 1.31. The lowest BCUT2D eigenvalue weighted by atomic mass is 10.00. The molecule has 5 rings (SSSR count). The molecule has 2 aromatic heterocycles. The summed E-state index contributed by atoms with van der Waals surface area (Å²) in [6, 6.07) is 13.4. The van der Waals surface area contributed by atoms with Gasteiger partial charge in [-0.3, -0.25) is 9.48 Å². The van der Waals surface area contributed by atoms with E-state index in [-0.39, 0.29) is 35.3 Å². The molecule has 0 spiro atoms. The van der Waals surface area contributed by atoms with Crippen LogP contribution in [0.5, 0.6) is 11.6 Å². The van der Waals surface area contributed by atoms with Crippen molar-refractivity contribution < 1.29 is 22.7 Å². The summed E-state index contributed by atoms with van der Waals surface area (Å²) < 4.78 is 41.7. The molecule has 214 valence electrons. The molecule has 2 aromatic carbocycles. The maximum absolute atomic E-state index is 13.0. The summed E-state index contributed by atoms with van der Waals surface area (Å²) in [7, 11) is -2.35. The maximum atomic E-state index is 13.0. The number of benzene rings is 2. The summed E-state index contributed by atoms with van der Waals surface area (Å²) in [4.78, 5) is 23.2. The molecule has 41 heavy (non-hydrogen) atoms. The van der Waals surface area contributed by atoms with Crippen molar-refractivity contribution in [3.8, 4) is 22.9 Å². The standard InChI is InChI=1S/C29H32N6O5S/c1-18-9-10-19(2)25(11-18)39-17-27(36)35-14-22(15-35)40-26-12-24(28-20(3)7-6-8-21(28)4)31-29(32-26)33-41(37,38)23-13-30-34(5)16-23/h6-13,16,22H,14-15,17H2,1-5H3,(H,31,32,33). The second-order valence-corrected chi connectivity index (χ2v) is 11.9. The van der Waals surface area contributed by atoms with E-state index >= 15 is 0 Å². The summed E-state index contributed by atoms with van der Waals surface area (Å²) in [5, 5.41) is 3.94. The fourth-order valence-corrected chi connectivity index (χ4v) is 5.50. The number of carbonyl (C=O) groups is 1. The number of hydrogen-bond acceptors (Lipinski definition) is 8. The van der Waals surface area contributed by atoms with E-state index in [0.717, 1.165) is 27.8 Å². The van der Waals surface area contributed by atoms with Gasteiger partial charge in [0.05, 0.1) is 25.0 Å². The maximum Gasteiger partial charge on any atom is 0.267 e. The van der Waals surface area contributed by atoms with E-state index in [1.165, 1.54) is 17.1 Å². The molecule has 1 amide bonds. The highest BCUT2D eigenvalue weighted by molar-refractivity contribution is 7.92. The van der Waals surface area contributed by atoms with Crippen LogP contribution in [-0.4, -0.2) is 64.8 Å². The second-order valence-electron chi connectivity index (χ2n) is 10.2. The number of aromatic nitrogens is 4. The number of nitrogens with zero attached hydrogens (tertiary/aromatic N) is 5. The molecular weight excluding hydrogens is 544 g/mol. The zero-order valence-electron chi connectivity index (χ0n) is 23.6. The Morgan fingerprint density at radius 1 is 1.02 bits per heavy atom. The number of nitrogens with one attached hydrogen (secondary N) is 1. The molecule has 11 nitrogen and oxygen atoms in total. The molecule has 1 aliphatic heterocycles. The normalized spacial score (nSPS) is 13.5. The van der Waals surface area contributed by atoms with Crippen molar-refractivity contribution in [1.29, 1.82) is 0 Å². The molecule has 0 aliphatic carbocycles. The largest absolute Gasteiger partial charge is 0.483 e. The molecule has 1 saturated heterocycles. The number of aryl methyl sites for hydroxylation is 5. The highest BCUT2D eigenvalue weighted by atomic mass is 32.2. The van der Waals surface area contributed by atoms with Crippen molar-refractivity contribution in [2.24, 2.45) is 7.05 Å². The third kappa shape index (κ3) is 6.32. The topological polar surface area (TPSA) is 129 Å². The van der Waals surface area contributed by atoms with Crippen LogP contribution in [0.2, 0.25) is 0 Å². The predicted molar refractivity (Wildman–Crippen MR) is 153 cm³/mol. The van der Waals surface area contributed by atoms with Crippen LogP contribution in [0.25, 0.3) is 11.3 Å². The number of sulfonamides is 1. The zero-order chi connectivity index (χ0) is 29.3. The van der Waals surface area contributed by atoms with E-state index < -0.39 is 10.0 Å². The molecule has 12 heteroatoms. The highest BCUT2D eigenvalue weighted by Crippen LogP contribution is 2.30. The smallest absolute Gasteiger partial charge is 0.267 e. The van der Waals surface area contributed by atoms with Gasteiger partial charge >= 0.3 is 0 Å². The van der Waals surface area contributed by atoms with Crippen molar-refractivity contribution in [1.82, 2.24) is 24.6 Å². The first kappa shape index (κ1) is 28.1. The van der Waals surface area contributed by atoms with Crippen molar-refractivity contribution in [2.45, 2.75) is 38.7 Å². The van der Waals surface area contributed by atoms with E-state index in [9.17, 15) is 13.2 Å². The number of likely N-dealkylation sites (tertiary alicyclic amines) is 1. The Bertz CT molecular complexity index is 1690. The average molecular weight is 577 g/mol. The molecule has 1 N–H and O–H groups in total. The van der Waals surface area contributed by atoms with Crippen molar-refractivity contribution in [2.75, 3.05) is 24.4 Å². The quantitative estimate of drug-likeness (QED) is 0.320. The van der Waals surface area contributed by atoms with Crippen LogP contribution in [0.4, 0.5) is 5.95 Å². The van der Waals surface area contributed by atoms with Crippen LogP contribution in [0.15, 0.2) is 59.8 Å². The van der Waals surface area contributed by atoms with E-state index in [1.807, 2.05) is 64.1 Å². The fourth-order valence-electron chi connectivity index (χ4n) is 4.57. The molecule has 3 heterocycles. The molecule has 0 unspecified atom stereocenters. The van der Waals surface area contributed by atoms with Crippen LogP contribution >= 0.6 is 0 Å². The summed E-state index contributed by atoms with van der Waals surface area (Å²) in [6.45, 7) is 8.47. The number of anilines is 1. The highest BCUT2D eigenvalue weighted by Gasteiger charge is 2.33. The Kier molecular flexibility index (Phi) is 7.68. The van der Waals surface area contributed by atoms with E-state index in [4.69, 9.17) is 9.47 Å². The number of rotatable bonds is 9. The Labute approximate surface area is 239 Å². The molecule has 0 bridgehead atoms. The lowest BCUT2D eigenvalue weighted by Crippen LogP contribution is -2.57. The predicted octanol–water partition coefficient (Wildman–Crippen LogP) is 3.58. The van der Waals surface area contributed by atoms with Crippen LogP contribution < -0.4 is 14.2 Å². The minimum atomic E-state index is -3.98. The number of amides is 1. The van der Waals surface area contributed by atoms with Gasteiger partial charge in [-0.1, -0.05) is 30.3 Å². The molecule has 0 saturated carbocycles. The number of hydrogen-bond donors (Lipinski definition) is 1. The third-order valence-electron chi connectivity index (χ3n) is 6.84. The average Bonchev–Trinajstić information content (AvgIpc) is 3.33. The Hall–Kier alpha value is -4.45. The van der Waals surface area contributed by atoms with Gasteiger partial charge in [-0.15, -0.1) is 0 Å². The third-order valence-corrected chi connectivity index (χ3v) is 8.12. The molecule has 1 aliphatic rings. The van der Waals surface area contributed by atoms with Gasteiger partial charge in [0.25, 0.3) is 15.9 Å². The van der Waals surface area contributed by atoms with E-state index in [2.05, 4.69) is 19.8 Å². The van der Waals surface area contributed by atoms with Crippen molar-refractivity contribution in [3.05, 3.63) is 77.1 Å². The van der Waals surface area contributed by atoms with Crippen LogP contribution in [0.3, 0.4) is 0 Å². The Morgan fingerprint density at radius 2 is 1.76 bits per heavy atom. The van der Waals surface area contributed by atoms with Crippen LogP contribution in [-0.2, 0) is 21.9 Å². The summed E-state index contributed by atoms with van der Waals surface area (Å²) >= 11 is 0. The lowest BCUT2D eigenvalue weighted by Gasteiger charge is -2.38. The van der Waals surface area contributed by atoms with Gasteiger partial charge in [0.2, 0.25) is 11.8 Å². The molecule has 1 fully saturated rings. The zero-order valence-corrected chi connectivity index (χ0v) is 24.4. The molecular formula is C29H32N6O5S. The van der Waals surface area contributed by atoms with Gasteiger partial charge in [-0.05, 0) is 56.0 Å². The fraction of sp³-hybridized carbons (Fsp3) is 0.310. The Morgan fingerprint density at radius 3 is 2.44 bits per heavy atom. The van der Waals surface area contributed by atoms with Crippen molar-refractivity contribution in [3.63, 3.8) is 0 Å². The van der Waals surface area contributed by atoms with E-state index in [0.29, 0.717) is 24.5 Å². The summed E-state index contributed by atoms with van der Waals surface area (Å²) in [5.74, 6) is 0.617. The van der Waals surface area contributed by atoms with E-state index in [1.54, 1.807) is 18.0 Å². The van der Waals surface area contributed by atoms with Gasteiger partial charge in [0.1, 0.15) is 16.7 Å². The monoisotopic (exact) mass is 576 g/mol. The van der Waals surface area contributed by atoms with Crippen LogP contribution in [0.1, 0.15) is 22.3 Å². The van der Waals surface area contributed by atoms with Crippen LogP contribution in [0, 0.1) is 27.7 Å².